The molecule has 4 rings (SSSR count). The zero-order chi connectivity index (χ0) is 27.7. The Labute approximate surface area is 216 Å². The lowest BCUT2D eigenvalue weighted by Crippen LogP contribution is -2.70. The van der Waals surface area contributed by atoms with Gasteiger partial charge in [0.2, 0.25) is 11.9 Å². The van der Waals surface area contributed by atoms with Gasteiger partial charge in [0.05, 0.1) is 12.0 Å². The molecule has 2 aromatic heterocycles. The van der Waals surface area contributed by atoms with Crippen molar-refractivity contribution in [2.75, 3.05) is 17.7 Å². The summed E-state index contributed by atoms with van der Waals surface area (Å²) in [6.07, 6.45) is 4.80. The third-order valence-corrected chi connectivity index (χ3v) is 6.56. The summed E-state index contributed by atoms with van der Waals surface area (Å²) in [5.74, 6) is -6.07. The average molecular weight is 530 g/mol. The molecule has 1 aromatic carbocycles. The van der Waals surface area contributed by atoms with Crippen LogP contribution in [0.25, 0.3) is 0 Å². The number of imide groups is 1. The van der Waals surface area contributed by atoms with Gasteiger partial charge in [-0.15, -0.1) is 0 Å². The van der Waals surface area contributed by atoms with Crippen molar-refractivity contribution in [1.29, 1.82) is 0 Å². The van der Waals surface area contributed by atoms with Crippen LogP contribution in [0.2, 0.25) is 0 Å². The maximum absolute atomic E-state index is 14.4. The van der Waals surface area contributed by atoms with Crippen LogP contribution < -0.4 is 16.0 Å². The standard InChI is InChI=1S/C25H26F3N7O3/c1-4-17(14-5-6-16(26)20(28)19(14)27)32-25(38)35-21(23(37)34(3)24-31-9-10-33(24)2)15(22(35)36)11-13-7-8-30-18(29)12-13/h5-10,12,15,17,21H,4,11H2,1-3H3,(H2,29,30)(H,32,38)/t15-,17-,21+/m1/s1. The summed E-state index contributed by atoms with van der Waals surface area (Å²) in [5, 5.41) is 2.48. The second kappa shape index (κ2) is 10.5. The Morgan fingerprint density at radius 2 is 1.89 bits per heavy atom. The molecule has 0 aliphatic carbocycles. The van der Waals surface area contributed by atoms with Gasteiger partial charge in [-0.05, 0) is 36.6 Å². The van der Waals surface area contributed by atoms with Crippen LogP contribution in [0.4, 0.5) is 29.7 Å². The molecule has 3 atom stereocenters. The number of carbonyl (C=O) groups excluding carboxylic acids is 3. The molecule has 1 saturated heterocycles. The van der Waals surface area contributed by atoms with Gasteiger partial charge in [-0.3, -0.25) is 19.4 Å². The monoisotopic (exact) mass is 529 g/mol. The van der Waals surface area contributed by atoms with Gasteiger partial charge in [0, 0.05) is 38.2 Å². The number of benzene rings is 1. The van der Waals surface area contributed by atoms with Gasteiger partial charge in [0.1, 0.15) is 11.9 Å². The van der Waals surface area contributed by atoms with E-state index in [1.54, 1.807) is 36.9 Å². The van der Waals surface area contributed by atoms with Crippen molar-refractivity contribution in [1.82, 2.24) is 24.8 Å². The molecular weight excluding hydrogens is 503 g/mol. The third kappa shape index (κ3) is 4.78. The van der Waals surface area contributed by atoms with Crippen LogP contribution in [-0.2, 0) is 23.1 Å². The summed E-state index contributed by atoms with van der Waals surface area (Å²) in [6, 6.07) is 1.71. The number of halogens is 3. The number of rotatable bonds is 7. The van der Waals surface area contributed by atoms with E-state index in [0.717, 1.165) is 17.0 Å². The Hall–Kier alpha value is -4.42. The smallest absolute Gasteiger partial charge is 0.325 e. The molecule has 10 nitrogen and oxygen atoms in total. The number of nitrogen functional groups attached to an aromatic ring is 1. The van der Waals surface area contributed by atoms with E-state index in [9.17, 15) is 27.6 Å². The van der Waals surface area contributed by atoms with E-state index < -0.39 is 53.3 Å². The molecule has 0 bridgehead atoms. The molecule has 4 amide bonds. The van der Waals surface area contributed by atoms with Gasteiger partial charge in [-0.1, -0.05) is 13.0 Å². The highest BCUT2D eigenvalue weighted by atomic mass is 19.2. The molecule has 0 saturated carbocycles. The molecule has 200 valence electrons. The van der Waals surface area contributed by atoms with Crippen molar-refractivity contribution in [3.8, 4) is 0 Å². The van der Waals surface area contributed by atoms with Crippen molar-refractivity contribution >= 4 is 29.6 Å². The number of likely N-dealkylation sites (N-methyl/N-ethyl adjacent to an activating group) is 1. The lowest BCUT2D eigenvalue weighted by Gasteiger charge is -2.45. The van der Waals surface area contributed by atoms with E-state index in [1.165, 1.54) is 24.3 Å². The van der Waals surface area contributed by atoms with E-state index in [4.69, 9.17) is 5.73 Å². The number of hydrogen-bond donors (Lipinski definition) is 2. The molecule has 0 unspecified atom stereocenters. The van der Waals surface area contributed by atoms with Crippen LogP contribution in [0.15, 0.2) is 42.9 Å². The molecule has 38 heavy (non-hydrogen) atoms. The predicted molar refractivity (Wildman–Crippen MR) is 131 cm³/mol. The number of amides is 4. The fourth-order valence-electron chi connectivity index (χ4n) is 4.54. The van der Waals surface area contributed by atoms with Crippen LogP contribution in [0, 0.1) is 23.4 Å². The Morgan fingerprint density at radius 1 is 1.16 bits per heavy atom. The van der Waals surface area contributed by atoms with Crippen LogP contribution in [0.3, 0.4) is 0 Å². The lowest BCUT2D eigenvalue weighted by atomic mass is 9.81. The van der Waals surface area contributed by atoms with Gasteiger partial charge in [-0.25, -0.2) is 27.9 Å². The molecular formula is C25H26F3N7O3. The van der Waals surface area contributed by atoms with Crippen molar-refractivity contribution in [2.24, 2.45) is 13.0 Å². The summed E-state index contributed by atoms with van der Waals surface area (Å²) < 4.78 is 43.3. The number of nitrogens with zero attached hydrogens (tertiary/aromatic N) is 5. The molecule has 0 radical (unpaired) electrons. The highest BCUT2D eigenvalue weighted by molar-refractivity contribution is 6.12. The van der Waals surface area contributed by atoms with Gasteiger partial charge in [0.15, 0.2) is 17.5 Å². The van der Waals surface area contributed by atoms with Gasteiger partial charge < -0.3 is 15.6 Å². The van der Waals surface area contributed by atoms with Crippen molar-refractivity contribution < 1.29 is 27.6 Å². The van der Waals surface area contributed by atoms with E-state index >= 15 is 0 Å². The van der Waals surface area contributed by atoms with E-state index in [2.05, 4.69) is 15.3 Å². The number of pyridine rings is 1. The summed E-state index contributed by atoms with van der Waals surface area (Å²) in [5.41, 5.74) is 6.10. The predicted octanol–water partition coefficient (Wildman–Crippen LogP) is 2.71. The molecule has 3 N–H and O–H groups in total. The number of nitrogens with two attached hydrogens (primary N) is 1. The van der Waals surface area contributed by atoms with Crippen molar-refractivity contribution in [3.05, 3.63) is 71.4 Å². The summed E-state index contributed by atoms with van der Waals surface area (Å²) >= 11 is 0. The Balaban J connectivity index is 1.63. The van der Waals surface area contributed by atoms with Crippen LogP contribution in [-0.4, -0.2) is 50.4 Å². The molecule has 13 heteroatoms. The minimum Gasteiger partial charge on any atom is -0.384 e. The second-order valence-electron chi connectivity index (χ2n) is 8.96. The minimum atomic E-state index is -1.67. The SMILES string of the molecule is CC[C@@H](NC(=O)N1C(=O)[C@H](Cc2ccnc(N)c2)[C@H]1C(=O)N(C)c1nccn1C)c1ccc(F)c(F)c1F. The largest absolute Gasteiger partial charge is 0.384 e. The van der Waals surface area contributed by atoms with Gasteiger partial charge in [0.25, 0.3) is 5.91 Å². The number of nitrogens with one attached hydrogen (secondary N) is 1. The number of carbonyl (C=O) groups is 3. The molecule has 1 aliphatic rings. The zero-order valence-corrected chi connectivity index (χ0v) is 20.9. The quantitative estimate of drug-likeness (QED) is 0.358. The first-order valence-corrected chi connectivity index (χ1v) is 11.8. The number of β-lactam (4-membered cyclic amide) rings is 1. The maximum atomic E-state index is 14.4. The van der Waals surface area contributed by atoms with Gasteiger partial charge >= 0.3 is 6.03 Å². The summed E-state index contributed by atoms with van der Waals surface area (Å²) in [7, 11) is 3.15. The van der Waals surface area contributed by atoms with Gasteiger partial charge in [-0.2, -0.15) is 0 Å². The Morgan fingerprint density at radius 3 is 2.53 bits per heavy atom. The third-order valence-electron chi connectivity index (χ3n) is 6.56. The lowest BCUT2D eigenvalue weighted by molar-refractivity contribution is -0.156. The van der Waals surface area contributed by atoms with E-state index in [-0.39, 0.29) is 30.2 Å². The fraction of sp³-hybridized carbons (Fsp3) is 0.320. The highest BCUT2D eigenvalue weighted by Gasteiger charge is 2.55. The molecule has 3 aromatic rings. The fourth-order valence-corrected chi connectivity index (χ4v) is 4.54. The van der Waals surface area contributed by atoms with Crippen LogP contribution in [0.5, 0.6) is 0 Å². The van der Waals surface area contributed by atoms with Crippen LogP contribution >= 0.6 is 0 Å². The van der Waals surface area contributed by atoms with Crippen LogP contribution in [0.1, 0.15) is 30.5 Å². The first-order chi connectivity index (χ1) is 18.0. The number of likely N-dealkylation sites (tertiary alicyclic amines) is 1. The molecule has 3 heterocycles. The van der Waals surface area contributed by atoms with E-state index in [0.29, 0.717) is 5.56 Å². The van der Waals surface area contributed by atoms with E-state index in [1.807, 2.05) is 0 Å². The topological polar surface area (TPSA) is 126 Å². The number of imidazole rings is 1. The number of anilines is 2. The molecule has 1 aliphatic heterocycles. The number of aryl methyl sites for hydroxylation is 1. The minimum absolute atomic E-state index is 0.0985. The normalized spacial score (nSPS) is 17.6. The molecule has 0 spiro atoms. The number of urea groups is 1. The summed E-state index contributed by atoms with van der Waals surface area (Å²) in [6.45, 7) is 1.59. The first kappa shape index (κ1) is 26.6. The first-order valence-electron chi connectivity index (χ1n) is 11.8. The Kier molecular flexibility index (Phi) is 7.37. The van der Waals surface area contributed by atoms with Crippen molar-refractivity contribution in [2.45, 2.75) is 31.8 Å². The number of hydrogen-bond acceptors (Lipinski definition) is 6. The average Bonchev–Trinajstić information content (AvgIpc) is 3.32. The summed E-state index contributed by atoms with van der Waals surface area (Å²) in [4.78, 5) is 50.1. The maximum Gasteiger partial charge on any atom is 0.325 e. The Bertz CT molecular complexity index is 1400. The second-order valence-corrected chi connectivity index (χ2v) is 8.96. The number of aromatic nitrogens is 3. The molecule has 1 fully saturated rings. The van der Waals surface area contributed by atoms with Crippen molar-refractivity contribution in [3.63, 3.8) is 0 Å². The highest BCUT2D eigenvalue weighted by Crippen LogP contribution is 2.33. The zero-order valence-electron chi connectivity index (χ0n) is 20.9.